The number of hydrogen-bond acceptors (Lipinski definition) is 5. The Morgan fingerprint density at radius 1 is 1.07 bits per heavy atom. The van der Waals surface area contributed by atoms with E-state index in [4.69, 9.17) is 17.0 Å². The van der Waals surface area contributed by atoms with Crippen LogP contribution >= 0.6 is 12.2 Å². The van der Waals surface area contributed by atoms with Gasteiger partial charge in [-0.05, 0) is 80.2 Å². The van der Waals surface area contributed by atoms with E-state index in [-0.39, 0.29) is 16.2 Å². The fourth-order valence-electron chi connectivity index (χ4n) is 3.18. The molecule has 0 atom stereocenters. The summed E-state index contributed by atoms with van der Waals surface area (Å²) in [5.74, 6) is 1.11. The van der Waals surface area contributed by atoms with E-state index in [2.05, 4.69) is 9.98 Å². The van der Waals surface area contributed by atoms with Gasteiger partial charge in [-0.3, -0.25) is 19.3 Å². The van der Waals surface area contributed by atoms with Crippen LogP contribution in [0.25, 0.3) is 11.8 Å². The number of nitrogens with one attached hydrogen (secondary N) is 1. The molecular weight excluding hydrogens is 398 g/mol. The van der Waals surface area contributed by atoms with Crippen LogP contribution in [0.2, 0.25) is 0 Å². The number of hydrogen-bond donors (Lipinski definition) is 2. The number of rotatable bonds is 4. The van der Waals surface area contributed by atoms with Crippen LogP contribution < -0.4 is 10.3 Å². The highest BCUT2D eigenvalue weighted by molar-refractivity contribution is 7.71. The Morgan fingerprint density at radius 2 is 1.73 bits per heavy atom. The molecule has 0 amide bonds. The lowest BCUT2D eigenvalue weighted by Crippen LogP contribution is -2.16. The number of aromatic hydroxyl groups is 1. The average Bonchev–Trinajstić information content (AvgIpc) is 3.04. The number of ether oxygens (including phenoxy) is 1. The van der Waals surface area contributed by atoms with Crippen molar-refractivity contribution in [3.8, 4) is 23.1 Å². The molecule has 30 heavy (non-hydrogen) atoms. The van der Waals surface area contributed by atoms with Gasteiger partial charge < -0.3 is 9.84 Å². The average molecular weight is 417 g/mol. The number of allylic oxidation sites excluding steroid dienone is 2. The molecule has 1 aromatic heterocycles. The Morgan fingerprint density at radius 3 is 2.37 bits per heavy atom. The largest absolute Gasteiger partial charge is 0.494 e. The Hall–Kier alpha value is -3.71. The molecule has 2 N–H and O–H groups in total. The van der Waals surface area contributed by atoms with Crippen molar-refractivity contribution in [1.82, 2.24) is 9.55 Å². The normalized spacial score (nSPS) is 14.5. The Labute approximate surface area is 178 Å². The lowest BCUT2D eigenvalue weighted by Gasteiger charge is -2.12. The summed E-state index contributed by atoms with van der Waals surface area (Å²) < 4.78 is 7.29. The molecule has 2 aromatic carbocycles. The molecule has 0 fully saturated rings. The highest BCUT2D eigenvalue weighted by Gasteiger charge is 2.15. The van der Waals surface area contributed by atoms with Gasteiger partial charge in [-0.15, -0.1) is 0 Å². The predicted octanol–water partition coefficient (Wildman–Crippen LogP) is 5.15. The SMILES string of the molecule is CC1=CC(C)=NC1=Cc1c(O)n(-c2ccc(Oc3ccccc3)cc2)c(=S)[nH]c1=O. The monoisotopic (exact) mass is 417 g/mol. The number of aromatic nitrogens is 2. The summed E-state index contributed by atoms with van der Waals surface area (Å²) in [4.78, 5) is 19.5. The topological polar surface area (TPSA) is 79.6 Å². The van der Waals surface area contributed by atoms with Crippen molar-refractivity contribution in [2.75, 3.05) is 0 Å². The van der Waals surface area contributed by atoms with Gasteiger partial charge in [0.1, 0.15) is 17.1 Å². The van der Waals surface area contributed by atoms with Crippen molar-refractivity contribution in [1.29, 1.82) is 0 Å². The minimum atomic E-state index is -0.474. The standard InChI is InChI=1S/C23H19N3O3S/c1-14-12-15(2)24-20(14)13-19-21(27)25-23(30)26(22(19)28)16-8-10-18(11-9-16)29-17-6-4-3-5-7-17/h3-13,28H,1-2H3,(H,25,27,30). The Bertz CT molecular complexity index is 1310. The van der Waals surface area contributed by atoms with E-state index in [9.17, 15) is 9.90 Å². The molecule has 1 aliphatic rings. The fourth-order valence-corrected chi connectivity index (χ4v) is 3.46. The fraction of sp³-hybridized carbons (Fsp3) is 0.0870. The Kier molecular flexibility index (Phi) is 5.20. The first-order valence-corrected chi connectivity index (χ1v) is 9.70. The van der Waals surface area contributed by atoms with E-state index in [1.54, 1.807) is 30.3 Å². The molecule has 0 spiro atoms. The summed E-state index contributed by atoms with van der Waals surface area (Å²) in [5, 5.41) is 10.9. The molecule has 150 valence electrons. The van der Waals surface area contributed by atoms with Crippen molar-refractivity contribution < 1.29 is 9.84 Å². The summed E-state index contributed by atoms with van der Waals surface area (Å²) in [6.45, 7) is 3.78. The number of benzene rings is 2. The van der Waals surface area contributed by atoms with Gasteiger partial charge in [0, 0.05) is 5.71 Å². The lowest BCUT2D eigenvalue weighted by molar-refractivity contribution is 0.431. The highest BCUT2D eigenvalue weighted by atomic mass is 32.1. The van der Waals surface area contributed by atoms with Crippen molar-refractivity contribution in [2.45, 2.75) is 13.8 Å². The van der Waals surface area contributed by atoms with E-state index in [0.717, 1.165) is 17.0 Å². The number of H-pyrrole nitrogens is 1. The number of para-hydroxylation sites is 1. The van der Waals surface area contributed by atoms with Gasteiger partial charge in [0.05, 0.1) is 11.4 Å². The minimum absolute atomic E-state index is 0.0920. The van der Waals surface area contributed by atoms with Gasteiger partial charge in [0.2, 0.25) is 5.88 Å². The third-order valence-corrected chi connectivity index (χ3v) is 4.89. The number of nitrogens with zero attached hydrogens (tertiary/aromatic N) is 2. The molecule has 0 aliphatic carbocycles. The zero-order valence-electron chi connectivity index (χ0n) is 16.4. The van der Waals surface area contributed by atoms with Crippen LogP contribution in [0.4, 0.5) is 0 Å². The molecule has 0 bridgehead atoms. The summed E-state index contributed by atoms with van der Waals surface area (Å²) in [6.07, 6.45) is 3.48. The Balaban J connectivity index is 1.73. The van der Waals surface area contributed by atoms with Crippen LogP contribution in [0, 0.1) is 4.77 Å². The maximum Gasteiger partial charge on any atom is 0.262 e. The highest BCUT2D eigenvalue weighted by Crippen LogP contribution is 2.27. The molecule has 4 rings (SSSR count). The van der Waals surface area contributed by atoms with Crippen molar-refractivity contribution >= 4 is 24.0 Å². The second kappa shape index (κ2) is 7.96. The zero-order chi connectivity index (χ0) is 21.3. The van der Waals surface area contributed by atoms with Gasteiger partial charge in [0.25, 0.3) is 5.56 Å². The van der Waals surface area contributed by atoms with E-state index in [1.807, 2.05) is 50.3 Å². The van der Waals surface area contributed by atoms with E-state index in [1.165, 1.54) is 4.57 Å². The molecule has 6 nitrogen and oxygen atoms in total. The van der Waals surface area contributed by atoms with Gasteiger partial charge >= 0.3 is 0 Å². The van der Waals surface area contributed by atoms with Crippen LogP contribution in [0.15, 0.2) is 81.7 Å². The third kappa shape index (κ3) is 3.88. The molecule has 0 saturated carbocycles. The smallest absolute Gasteiger partial charge is 0.262 e. The van der Waals surface area contributed by atoms with Gasteiger partial charge in [-0.2, -0.15) is 0 Å². The van der Waals surface area contributed by atoms with Gasteiger partial charge in [-0.1, -0.05) is 18.2 Å². The van der Waals surface area contributed by atoms with Gasteiger partial charge in [-0.25, -0.2) is 0 Å². The van der Waals surface area contributed by atoms with Crippen molar-refractivity contribution in [3.05, 3.63) is 92.6 Å². The molecule has 0 radical (unpaired) electrons. The number of aliphatic imine (C=N–C) groups is 1. The minimum Gasteiger partial charge on any atom is -0.494 e. The van der Waals surface area contributed by atoms with Crippen molar-refractivity contribution in [3.63, 3.8) is 0 Å². The maximum absolute atomic E-state index is 12.4. The van der Waals surface area contributed by atoms with Crippen LogP contribution in [-0.2, 0) is 0 Å². The van der Waals surface area contributed by atoms with E-state index < -0.39 is 5.56 Å². The first kappa shape index (κ1) is 19.6. The summed E-state index contributed by atoms with van der Waals surface area (Å²) in [5.41, 5.74) is 2.60. The van der Waals surface area contributed by atoms with Crippen LogP contribution in [0.1, 0.15) is 19.4 Å². The zero-order valence-corrected chi connectivity index (χ0v) is 17.2. The molecule has 0 unspecified atom stereocenters. The predicted molar refractivity (Wildman–Crippen MR) is 120 cm³/mol. The van der Waals surface area contributed by atoms with Crippen LogP contribution in [-0.4, -0.2) is 20.4 Å². The van der Waals surface area contributed by atoms with Gasteiger partial charge in [0.15, 0.2) is 4.77 Å². The van der Waals surface area contributed by atoms with Crippen molar-refractivity contribution in [2.24, 2.45) is 4.99 Å². The quantitative estimate of drug-likeness (QED) is 0.575. The maximum atomic E-state index is 12.4. The summed E-state index contributed by atoms with van der Waals surface area (Å²) in [6, 6.07) is 16.5. The molecule has 0 saturated heterocycles. The van der Waals surface area contributed by atoms with Crippen LogP contribution in [0.5, 0.6) is 17.4 Å². The molecule has 2 heterocycles. The second-order valence-corrected chi connectivity index (χ2v) is 7.24. The van der Waals surface area contributed by atoms with E-state index in [0.29, 0.717) is 17.1 Å². The molecular formula is C23H19N3O3S. The first-order chi connectivity index (χ1) is 14.4. The van der Waals surface area contributed by atoms with Crippen LogP contribution in [0.3, 0.4) is 0 Å². The number of aromatic amines is 1. The van der Waals surface area contributed by atoms with E-state index >= 15 is 0 Å². The lowest BCUT2D eigenvalue weighted by atomic mass is 10.1. The molecule has 7 heteroatoms. The molecule has 1 aliphatic heterocycles. The summed E-state index contributed by atoms with van der Waals surface area (Å²) in [7, 11) is 0. The second-order valence-electron chi connectivity index (χ2n) is 6.85. The first-order valence-electron chi connectivity index (χ1n) is 9.29. The third-order valence-electron chi connectivity index (χ3n) is 4.60. The molecule has 3 aromatic rings. The summed E-state index contributed by atoms with van der Waals surface area (Å²) >= 11 is 5.29.